The number of rotatable bonds is 3. The molecule has 0 heterocycles. The fourth-order valence-electron chi connectivity index (χ4n) is 0.920. The van der Waals surface area contributed by atoms with Gasteiger partial charge >= 0.3 is 29.6 Å². The van der Waals surface area contributed by atoms with E-state index in [-0.39, 0.29) is 36.1 Å². The van der Waals surface area contributed by atoms with Crippen molar-refractivity contribution in [1.82, 2.24) is 4.31 Å². The molecule has 4 nitrogen and oxygen atoms in total. The van der Waals surface area contributed by atoms with Crippen LogP contribution in [0.15, 0.2) is 30.3 Å². The SMILES string of the molecule is CN(Cc1ccccc1)S(=O)(=O)[O-].[Na+]. The van der Waals surface area contributed by atoms with Crippen LogP contribution in [0.5, 0.6) is 0 Å². The van der Waals surface area contributed by atoms with Crippen molar-refractivity contribution >= 4 is 10.3 Å². The summed E-state index contributed by atoms with van der Waals surface area (Å²) < 4.78 is 32.3. The molecule has 1 aromatic carbocycles. The summed E-state index contributed by atoms with van der Waals surface area (Å²) in [6.45, 7) is 0.118. The van der Waals surface area contributed by atoms with Crippen molar-refractivity contribution in [2.75, 3.05) is 7.05 Å². The van der Waals surface area contributed by atoms with Crippen LogP contribution in [0.4, 0.5) is 0 Å². The van der Waals surface area contributed by atoms with Gasteiger partial charge in [0.2, 0.25) is 0 Å². The van der Waals surface area contributed by atoms with Gasteiger partial charge in [-0.2, -0.15) is 0 Å². The first-order chi connectivity index (χ1) is 6.00. The Kier molecular flexibility index (Phi) is 5.88. The minimum Gasteiger partial charge on any atom is -0.735 e. The number of hydrogen-bond donors (Lipinski definition) is 0. The molecule has 0 aliphatic heterocycles. The van der Waals surface area contributed by atoms with Crippen LogP contribution in [0.25, 0.3) is 0 Å². The number of nitrogens with zero attached hydrogens (tertiary/aromatic N) is 1. The summed E-state index contributed by atoms with van der Waals surface area (Å²) in [7, 11) is -3.06. The van der Waals surface area contributed by atoms with E-state index >= 15 is 0 Å². The predicted molar refractivity (Wildman–Crippen MR) is 47.6 cm³/mol. The third-order valence-corrected chi connectivity index (χ3v) is 2.52. The van der Waals surface area contributed by atoms with Gasteiger partial charge < -0.3 is 4.55 Å². The molecule has 0 bridgehead atoms. The Morgan fingerprint density at radius 2 is 1.79 bits per heavy atom. The zero-order valence-corrected chi connectivity index (χ0v) is 11.0. The molecule has 0 atom stereocenters. The van der Waals surface area contributed by atoms with Gasteiger partial charge in [-0.15, -0.1) is 0 Å². The average Bonchev–Trinajstić information content (AvgIpc) is 2.04. The quantitative estimate of drug-likeness (QED) is 0.423. The maximum absolute atomic E-state index is 10.5. The van der Waals surface area contributed by atoms with Crippen molar-refractivity contribution in [3.63, 3.8) is 0 Å². The molecule has 0 aliphatic carbocycles. The molecule has 0 aliphatic rings. The van der Waals surface area contributed by atoms with E-state index in [2.05, 4.69) is 0 Å². The Balaban J connectivity index is 0.00000169. The first-order valence-electron chi connectivity index (χ1n) is 3.71. The summed E-state index contributed by atoms with van der Waals surface area (Å²) in [4.78, 5) is 0. The van der Waals surface area contributed by atoms with E-state index < -0.39 is 10.3 Å². The van der Waals surface area contributed by atoms with E-state index in [1.807, 2.05) is 6.07 Å². The van der Waals surface area contributed by atoms with E-state index in [1.165, 1.54) is 7.05 Å². The topological polar surface area (TPSA) is 60.4 Å². The van der Waals surface area contributed by atoms with Gasteiger partial charge in [-0.25, -0.2) is 12.7 Å². The molecule has 14 heavy (non-hydrogen) atoms. The van der Waals surface area contributed by atoms with Crippen molar-refractivity contribution in [3.8, 4) is 0 Å². The third kappa shape index (κ3) is 4.54. The van der Waals surface area contributed by atoms with Gasteiger partial charge in [-0.3, -0.25) is 0 Å². The summed E-state index contributed by atoms with van der Waals surface area (Å²) in [6, 6.07) is 8.94. The van der Waals surface area contributed by atoms with Crippen LogP contribution < -0.4 is 29.6 Å². The molecule has 1 aromatic rings. The normalized spacial score (nSPS) is 11.1. The molecular formula is C8H10NNaO3S. The molecule has 0 amide bonds. The summed E-state index contributed by atoms with van der Waals surface area (Å²) >= 11 is 0. The summed E-state index contributed by atoms with van der Waals surface area (Å²) in [5.74, 6) is 0. The van der Waals surface area contributed by atoms with Gasteiger partial charge in [0.1, 0.15) is 0 Å². The number of benzene rings is 1. The first-order valence-corrected chi connectivity index (χ1v) is 5.08. The Morgan fingerprint density at radius 1 is 1.29 bits per heavy atom. The van der Waals surface area contributed by atoms with Gasteiger partial charge in [0.15, 0.2) is 10.3 Å². The zero-order chi connectivity index (χ0) is 9.90. The standard InChI is InChI=1S/C8H11NO3S.Na/c1-9(13(10,11)12)7-8-5-3-2-4-6-8;/h2-6H,7H2,1H3,(H,10,11,12);/q;+1/p-1. The monoisotopic (exact) mass is 223 g/mol. The van der Waals surface area contributed by atoms with Crippen LogP contribution in [0, 0.1) is 0 Å². The van der Waals surface area contributed by atoms with E-state index in [1.54, 1.807) is 24.3 Å². The molecule has 1 rings (SSSR count). The molecule has 0 unspecified atom stereocenters. The minimum absolute atomic E-state index is 0. The van der Waals surface area contributed by atoms with Gasteiger partial charge in [-0.05, 0) is 5.56 Å². The van der Waals surface area contributed by atoms with Crippen LogP contribution in [0.3, 0.4) is 0 Å². The van der Waals surface area contributed by atoms with Crippen LogP contribution in [-0.4, -0.2) is 24.3 Å². The van der Waals surface area contributed by atoms with E-state index in [0.29, 0.717) is 0 Å². The van der Waals surface area contributed by atoms with E-state index in [0.717, 1.165) is 9.87 Å². The van der Waals surface area contributed by atoms with E-state index in [4.69, 9.17) is 0 Å². The number of hydrogen-bond acceptors (Lipinski definition) is 3. The smallest absolute Gasteiger partial charge is 0.735 e. The minimum atomic E-state index is -4.32. The van der Waals surface area contributed by atoms with Gasteiger partial charge in [0.05, 0.1) is 0 Å². The Labute approximate surface area is 106 Å². The molecular weight excluding hydrogens is 213 g/mol. The summed E-state index contributed by atoms with van der Waals surface area (Å²) in [6.07, 6.45) is 0. The zero-order valence-electron chi connectivity index (χ0n) is 8.17. The van der Waals surface area contributed by atoms with Crippen molar-refractivity contribution in [2.45, 2.75) is 6.54 Å². The molecule has 0 radical (unpaired) electrons. The summed E-state index contributed by atoms with van der Waals surface area (Å²) in [5.41, 5.74) is 0.796. The largest absolute Gasteiger partial charge is 1.00 e. The van der Waals surface area contributed by atoms with Crippen molar-refractivity contribution in [3.05, 3.63) is 35.9 Å². The van der Waals surface area contributed by atoms with Crippen LogP contribution >= 0.6 is 0 Å². The molecule has 0 saturated heterocycles. The van der Waals surface area contributed by atoms with Crippen molar-refractivity contribution in [1.29, 1.82) is 0 Å². The second-order valence-electron chi connectivity index (χ2n) is 2.70. The fraction of sp³-hybridized carbons (Fsp3) is 0.250. The fourth-order valence-corrected chi connectivity index (χ4v) is 1.23. The van der Waals surface area contributed by atoms with Gasteiger partial charge in [0.25, 0.3) is 0 Å². The Bertz CT molecular complexity index is 365. The first kappa shape index (κ1) is 14.1. The molecule has 0 spiro atoms. The van der Waals surface area contributed by atoms with Crippen LogP contribution in [0.1, 0.15) is 5.56 Å². The molecule has 0 saturated carbocycles. The Morgan fingerprint density at radius 3 is 2.21 bits per heavy atom. The van der Waals surface area contributed by atoms with E-state index in [9.17, 15) is 13.0 Å². The van der Waals surface area contributed by atoms with Gasteiger partial charge in [0, 0.05) is 13.6 Å². The molecule has 0 N–H and O–H groups in total. The van der Waals surface area contributed by atoms with Crippen LogP contribution in [-0.2, 0) is 16.8 Å². The average molecular weight is 223 g/mol. The second kappa shape index (κ2) is 5.85. The second-order valence-corrected chi connectivity index (χ2v) is 4.18. The maximum Gasteiger partial charge on any atom is 1.00 e. The van der Waals surface area contributed by atoms with Gasteiger partial charge in [-0.1, -0.05) is 30.3 Å². The predicted octanol–water partition coefficient (Wildman–Crippen LogP) is -2.42. The molecule has 0 fully saturated rings. The maximum atomic E-state index is 10.5. The summed E-state index contributed by atoms with van der Waals surface area (Å²) in [5, 5.41) is 0. The molecule has 6 heteroatoms. The van der Waals surface area contributed by atoms with Crippen molar-refractivity contribution < 1.29 is 42.5 Å². The van der Waals surface area contributed by atoms with Crippen LogP contribution in [0.2, 0.25) is 0 Å². The Hall–Kier alpha value is 0.0900. The van der Waals surface area contributed by atoms with Crippen molar-refractivity contribution in [2.24, 2.45) is 0 Å². The third-order valence-electron chi connectivity index (χ3n) is 1.63. The molecule has 0 aromatic heterocycles. The molecule has 72 valence electrons.